The van der Waals surface area contributed by atoms with Crippen LogP contribution in [0.2, 0.25) is 0 Å². The molecular weight excluding hydrogens is 333 g/mol. The van der Waals surface area contributed by atoms with Crippen LogP contribution in [-0.4, -0.2) is 36.1 Å². The molecule has 0 unspecified atom stereocenters. The quantitative estimate of drug-likeness (QED) is 0.905. The van der Waals surface area contributed by atoms with Crippen molar-refractivity contribution in [1.29, 1.82) is 0 Å². The van der Waals surface area contributed by atoms with Crippen molar-refractivity contribution < 1.29 is 8.78 Å². The number of hydrogen-bond acceptors (Lipinski definition) is 4. The Morgan fingerprint density at radius 2 is 1.73 bits per heavy atom. The number of halogens is 4. The Hall–Kier alpha value is -1.50. The molecule has 0 atom stereocenters. The predicted octanol–water partition coefficient (Wildman–Crippen LogP) is 2.68. The van der Waals surface area contributed by atoms with Gasteiger partial charge in [0.1, 0.15) is 0 Å². The SMILES string of the molecule is Cl.Cl.Fc1ccc(-c2ccnc(N3CCNCC3)n2)cc1F. The maximum Gasteiger partial charge on any atom is 0.225 e. The number of anilines is 1. The lowest BCUT2D eigenvalue weighted by atomic mass is 10.1. The fourth-order valence-electron chi connectivity index (χ4n) is 2.18. The fourth-order valence-corrected chi connectivity index (χ4v) is 2.18. The number of benzene rings is 1. The van der Waals surface area contributed by atoms with E-state index in [-0.39, 0.29) is 24.8 Å². The van der Waals surface area contributed by atoms with Gasteiger partial charge in [-0.3, -0.25) is 0 Å². The van der Waals surface area contributed by atoms with E-state index in [9.17, 15) is 8.78 Å². The average Bonchev–Trinajstić information content (AvgIpc) is 2.51. The molecule has 0 spiro atoms. The number of hydrogen-bond donors (Lipinski definition) is 1. The van der Waals surface area contributed by atoms with Gasteiger partial charge in [0, 0.05) is 37.9 Å². The molecular formula is C14H16Cl2F2N4. The van der Waals surface area contributed by atoms with E-state index in [1.807, 2.05) is 0 Å². The molecule has 2 heterocycles. The van der Waals surface area contributed by atoms with Gasteiger partial charge >= 0.3 is 0 Å². The molecule has 0 radical (unpaired) electrons. The molecule has 120 valence electrons. The Balaban J connectivity index is 0.00000121. The summed E-state index contributed by atoms with van der Waals surface area (Å²) >= 11 is 0. The second-order valence-electron chi connectivity index (χ2n) is 4.61. The van der Waals surface area contributed by atoms with E-state index in [2.05, 4.69) is 20.2 Å². The van der Waals surface area contributed by atoms with Gasteiger partial charge in [-0.25, -0.2) is 18.7 Å². The molecule has 1 aliphatic rings. The van der Waals surface area contributed by atoms with Crippen LogP contribution < -0.4 is 10.2 Å². The highest BCUT2D eigenvalue weighted by Gasteiger charge is 2.14. The summed E-state index contributed by atoms with van der Waals surface area (Å²) < 4.78 is 26.2. The van der Waals surface area contributed by atoms with Crippen molar-refractivity contribution in [1.82, 2.24) is 15.3 Å². The van der Waals surface area contributed by atoms with Crippen LogP contribution in [-0.2, 0) is 0 Å². The van der Waals surface area contributed by atoms with Gasteiger partial charge in [0.25, 0.3) is 0 Å². The molecule has 22 heavy (non-hydrogen) atoms. The highest BCUT2D eigenvalue weighted by atomic mass is 35.5. The van der Waals surface area contributed by atoms with Crippen LogP contribution in [0.25, 0.3) is 11.3 Å². The standard InChI is InChI=1S/C14H14F2N4.2ClH/c15-11-2-1-10(9-12(11)16)13-3-4-18-14(19-13)20-7-5-17-6-8-20;;/h1-4,9,17H,5-8H2;2*1H. The predicted molar refractivity (Wildman–Crippen MR) is 87.0 cm³/mol. The topological polar surface area (TPSA) is 41.1 Å². The molecule has 0 aliphatic carbocycles. The summed E-state index contributed by atoms with van der Waals surface area (Å²) in [4.78, 5) is 10.8. The van der Waals surface area contributed by atoms with E-state index >= 15 is 0 Å². The summed E-state index contributed by atoms with van der Waals surface area (Å²) in [5.74, 6) is -1.11. The normalized spacial score (nSPS) is 14.0. The molecule has 1 aromatic heterocycles. The molecule has 8 heteroatoms. The lowest BCUT2D eigenvalue weighted by Gasteiger charge is -2.27. The minimum Gasteiger partial charge on any atom is -0.338 e. The molecule has 4 nitrogen and oxygen atoms in total. The first-order chi connectivity index (χ1) is 9.74. The summed E-state index contributed by atoms with van der Waals surface area (Å²) in [6.07, 6.45) is 1.64. The molecule has 3 rings (SSSR count). The first-order valence-electron chi connectivity index (χ1n) is 6.48. The summed E-state index contributed by atoms with van der Waals surface area (Å²) in [5, 5.41) is 3.26. The zero-order valence-electron chi connectivity index (χ0n) is 11.6. The van der Waals surface area contributed by atoms with Crippen molar-refractivity contribution in [2.45, 2.75) is 0 Å². The molecule has 0 saturated carbocycles. The van der Waals surface area contributed by atoms with Crippen LogP contribution in [0, 0.1) is 11.6 Å². The molecule has 1 aromatic carbocycles. The largest absolute Gasteiger partial charge is 0.338 e. The number of aromatic nitrogens is 2. The maximum atomic E-state index is 13.3. The maximum absolute atomic E-state index is 13.3. The summed E-state index contributed by atoms with van der Waals surface area (Å²) in [5.41, 5.74) is 1.13. The van der Waals surface area contributed by atoms with E-state index < -0.39 is 11.6 Å². The van der Waals surface area contributed by atoms with E-state index in [0.717, 1.165) is 38.3 Å². The van der Waals surface area contributed by atoms with Crippen molar-refractivity contribution in [3.63, 3.8) is 0 Å². The van der Waals surface area contributed by atoms with Gasteiger partial charge in [0.05, 0.1) is 5.69 Å². The van der Waals surface area contributed by atoms with Crippen LogP contribution in [0.3, 0.4) is 0 Å². The molecule has 1 fully saturated rings. The molecule has 1 aliphatic heterocycles. The first kappa shape index (κ1) is 18.5. The molecule has 1 N–H and O–H groups in total. The Bertz CT molecular complexity index is 622. The van der Waals surface area contributed by atoms with Crippen molar-refractivity contribution in [3.05, 3.63) is 42.1 Å². The van der Waals surface area contributed by atoms with Gasteiger partial charge in [-0.05, 0) is 24.3 Å². The zero-order chi connectivity index (χ0) is 13.9. The monoisotopic (exact) mass is 348 g/mol. The van der Waals surface area contributed by atoms with Gasteiger partial charge < -0.3 is 10.2 Å². The van der Waals surface area contributed by atoms with Gasteiger partial charge in [-0.2, -0.15) is 0 Å². The van der Waals surface area contributed by atoms with Crippen LogP contribution >= 0.6 is 24.8 Å². The van der Waals surface area contributed by atoms with Crippen molar-refractivity contribution in [2.24, 2.45) is 0 Å². The second kappa shape index (κ2) is 8.22. The van der Waals surface area contributed by atoms with E-state index in [0.29, 0.717) is 17.2 Å². The van der Waals surface area contributed by atoms with Gasteiger partial charge in [-0.15, -0.1) is 24.8 Å². The lowest BCUT2D eigenvalue weighted by Crippen LogP contribution is -2.44. The Labute approximate surface area is 139 Å². The highest BCUT2D eigenvalue weighted by Crippen LogP contribution is 2.21. The minimum atomic E-state index is -0.871. The van der Waals surface area contributed by atoms with Gasteiger partial charge in [0.15, 0.2) is 11.6 Å². The van der Waals surface area contributed by atoms with Gasteiger partial charge in [-0.1, -0.05) is 0 Å². The molecule has 0 bridgehead atoms. The number of rotatable bonds is 2. The number of nitrogens with one attached hydrogen (secondary N) is 1. The molecule has 2 aromatic rings. The second-order valence-corrected chi connectivity index (χ2v) is 4.61. The van der Waals surface area contributed by atoms with E-state index in [4.69, 9.17) is 0 Å². The Morgan fingerprint density at radius 1 is 1.00 bits per heavy atom. The van der Waals surface area contributed by atoms with Crippen molar-refractivity contribution in [3.8, 4) is 11.3 Å². The minimum absolute atomic E-state index is 0. The van der Waals surface area contributed by atoms with Crippen LogP contribution in [0.15, 0.2) is 30.5 Å². The molecule has 1 saturated heterocycles. The van der Waals surface area contributed by atoms with Crippen molar-refractivity contribution in [2.75, 3.05) is 31.1 Å². The Morgan fingerprint density at radius 3 is 2.41 bits per heavy atom. The third kappa shape index (κ3) is 4.03. The van der Waals surface area contributed by atoms with Crippen molar-refractivity contribution >= 4 is 30.8 Å². The van der Waals surface area contributed by atoms with Gasteiger partial charge in [0.2, 0.25) is 5.95 Å². The number of nitrogens with zero attached hydrogens (tertiary/aromatic N) is 3. The molecule has 0 amide bonds. The van der Waals surface area contributed by atoms with E-state index in [1.54, 1.807) is 12.3 Å². The Kier molecular flexibility index (Phi) is 6.93. The lowest BCUT2D eigenvalue weighted by molar-refractivity contribution is 0.509. The first-order valence-corrected chi connectivity index (χ1v) is 6.48. The number of piperazine rings is 1. The summed E-state index contributed by atoms with van der Waals surface area (Å²) in [6, 6.07) is 5.47. The third-order valence-corrected chi connectivity index (χ3v) is 3.26. The summed E-state index contributed by atoms with van der Waals surface area (Å²) in [7, 11) is 0. The highest BCUT2D eigenvalue weighted by molar-refractivity contribution is 5.85. The average molecular weight is 349 g/mol. The summed E-state index contributed by atoms with van der Waals surface area (Å²) in [6.45, 7) is 3.44. The van der Waals surface area contributed by atoms with Crippen LogP contribution in [0.5, 0.6) is 0 Å². The fraction of sp³-hybridized carbons (Fsp3) is 0.286. The third-order valence-electron chi connectivity index (χ3n) is 3.26. The zero-order valence-corrected chi connectivity index (χ0v) is 13.3. The smallest absolute Gasteiger partial charge is 0.225 e. The van der Waals surface area contributed by atoms with Crippen LogP contribution in [0.4, 0.5) is 14.7 Å². The van der Waals surface area contributed by atoms with Crippen LogP contribution in [0.1, 0.15) is 0 Å². The van der Waals surface area contributed by atoms with E-state index in [1.165, 1.54) is 6.07 Å².